The Morgan fingerprint density at radius 1 is 1.18 bits per heavy atom. The number of rotatable bonds is 8. The number of halogens is 2. The van der Waals surface area contributed by atoms with Crippen LogP contribution in [-0.4, -0.2) is 35.6 Å². The van der Waals surface area contributed by atoms with Crippen LogP contribution in [0.2, 0.25) is 0 Å². The standard InChI is InChI=1S/C27H19BrIN3O5S/c1-36-22-11-16(10-21(29)25(22)37-15-18-5-3-2-4-17(18)13-30)12-23-26(34)32(27(35)38-23)14-24(33)31-20-8-6-19(28)7-9-20/h2-12H,14-15H2,1H3,(H,31,33)/b23-12+. The minimum absolute atomic E-state index is 0.177. The maximum atomic E-state index is 12.9. The molecule has 3 amide bonds. The Labute approximate surface area is 245 Å². The normalized spacial score (nSPS) is 13.9. The van der Waals surface area contributed by atoms with Crippen LogP contribution in [0.15, 0.2) is 70.0 Å². The van der Waals surface area contributed by atoms with Crippen LogP contribution in [0.4, 0.5) is 10.5 Å². The summed E-state index contributed by atoms with van der Waals surface area (Å²) >= 11 is 6.20. The first-order valence-electron chi connectivity index (χ1n) is 11.1. The molecule has 1 aliphatic heterocycles. The molecule has 4 rings (SSSR count). The van der Waals surface area contributed by atoms with E-state index in [4.69, 9.17) is 9.47 Å². The number of hydrogen-bond donors (Lipinski definition) is 1. The van der Waals surface area contributed by atoms with Gasteiger partial charge in [-0.3, -0.25) is 19.3 Å². The Bertz CT molecular complexity index is 1490. The topological polar surface area (TPSA) is 109 Å². The van der Waals surface area contributed by atoms with E-state index in [0.29, 0.717) is 28.3 Å². The molecule has 0 bridgehead atoms. The van der Waals surface area contributed by atoms with Gasteiger partial charge in [0.15, 0.2) is 11.5 Å². The molecule has 0 unspecified atom stereocenters. The lowest BCUT2D eigenvalue weighted by atomic mass is 10.1. The largest absolute Gasteiger partial charge is 0.493 e. The van der Waals surface area contributed by atoms with Crippen molar-refractivity contribution in [2.75, 3.05) is 19.0 Å². The lowest BCUT2D eigenvalue weighted by Crippen LogP contribution is -2.36. The highest BCUT2D eigenvalue weighted by Crippen LogP contribution is 2.37. The van der Waals surface area contributed by atoms with Gasteiger partial charge in [-0.05, 0) is 88.5 Å². The van der Waals surface area contributed by atoms with Crippen molar-refractivity contribution in [3.8, 4) is 17.6 Å². The first-order valence-corrected chi connectivity index (χ1v) is 13.8. The molecule has 38 heavy (non-hydrogen) atoms. The third kappa shape index (κ3) is 6.56. The number of benzene rings is 3. The summed E-state index contributed by atoms with van der Waals surface area (Å²) in [5.74, 6) is -0.0960. The van der Waals surface area contributed by atoms with E-state index in [1.165, 1.54) is 7.11 Å². The molecule has 3 aromatic carbocycles. The number of nitriles is 1. The third-order valence-corrected chi connectivity index (χ3v) is 7.60. The summed E-state index contributed by atoms with van der Waals surface area (Å²) < 4.78 is 13.1. The molecule has 192 valence electrons. The van der Waals surface area contributed by atoms with Gasteiger partial charge in [0, 0.05) is 15.7 Å². The van der Waals surface area contributed by atoms with Crippen LogP contribution in [-0.2, 0) is 16.2 Å². The molecular weight excluding hydrogens is 685 g/mol. The second-order valence-corrected chi connectivity index (χ2v) is 11.0. The predicted molar refractivity (Wildman–Crippen MR) is 157 cm³/mol. The van der Waals surface area contributed by atoms with Crippen molar-refractivity contribution in [2.45, 2.75) is 6.61 Å². The van der Waals surface area contributed by atoms with E-state index in [-0.39, 0.29) is 11.5 Å². The SMILES string of the molecule is COc1cc(/C=C2/SC(=O)N(CC(=O)Nc3ccc(Br)cc3)C2=O)cc(I)c1OCc1ccccc1C#N. The predicted octanol–water partition coefficient (Wildman–Crippen LogP) is 6.19. The lowest BCUT2D eigenvalue weighted by Gasteiger charge is -2.14. The molecule has 1 fully saturated rings. The number of methoxy groups -OCH3 is 1. The fraction of sp³-hybridized carbons (Fsp3) is 0.111. The molecule has 0 spiro atoms. The fourth-order valence-electron chi connectivity index (χ4n) is 3.53. The third-order valence-electron chi connectivity index (χ3n) is 5.36. The second-order valence-electron chi connectivity index (χ2n) is 7.91. The molecule has 1 aliphatic rings. The first-order chi connectivity index (χ1) is 18.3. The smallest absolute Gasteiger partial charge is 0.294 e. The van der Waals surface area contributed by atoms with Crippen molar-refractivity contribution in [3.05, 3.63) is 90.3 Å². The van der Waals surface area contributed by atoms with Crippen LogP contribution in [0.25, 0.3) is 6.08 Å². The molecule has 1 heterocycles. The van der Waals surface area contributed by atoms with Crippen molar-refractivity contribution in [1.29, 1.82) is 5.26 Å². The summed E-state index contributed by atoms with van der Waals surface area (Å²) in [6, 6.07) is 19.8. The number of nitrogens with one attached hydrogen (secondary N) is 1. The highest BCUT2D eigenvalue weighted by molar-refractivity contribution is 14.1. The monoisotopic (exact) mass is 703 g/mol. The van der Waals surface area contributed by atoms with E-state index in [9.17, 15) is 19.6 Å². The van der Waals surface area contributed by atoms with Crippen LogP contribution >= 0.6 is 50.3 Å². The quantitative estimate of drug-likeness (QED) is 0.220. The van der Waals surface area contributed by atoms with Crippen molar-refractivity contribution in [1.82, 2.24) is 4.90 Å². The molecule has 1 saturated heterocycles. The Morgan fingerprint density at radius 3 is 2.63 bits per heavy atom. The molecule has 3 aromatic rings. The Kier molecular flexibility index (Phi) is 9.09. The molecular formula is C27H19BrIN3O5S. The second kappa shape index (κ2) is 12.5. The van der Waals surface area contributed by atoms with Gasteiger partial charge in [0.05, 0.1) is 27.2 Å². The zero-order chi connectivity index (χ0) is 27.2. The van der Waals surface area contributed by atoms with Crippen molar-refractivity contribution >= 4 is 79.1 Å². The van der Waals surface area contributed by atoms with E-state index in [2.05, 4.69) is 49.9 Å². The molecule has 0 aromatic heterocycles. The number of carbonyl (C=O) groups excluding carboxylic acids is 3. The van der Waals surface area contributed by atoms with E-state index >= 15 is 0 Å². The Balaban J connectivity index is 1.48. The fourth-order valence-corrected chi connectivity index (χ4v) is 5.42. The zero-order valence-corrected chi connectivity index (χ0v) is 24.4. The molecule has 11 heteroatoms. The minimum atomic E-state index is -0.548. The molecule has 0 saturated carbocycles. The van der Waals surface area contributed by atoms with Crippen molar-refractivity contribution in [2.24, 2.45) is 0 Å². The van der Waals surface area contributed by atoms with Gasteiger partial charge in [0.25, 0.3) is 11.1 Å². The van der Waals surface area contributed by atoms with E-state index in [0.717, 1.165) is 30.3 Å². The van der Waals surface area contributed by atoms with Gasteiger partial charge < -0.3 is 14.8 Å². The van der Waals surface area contributed by atoms with E-state index in [1.807, 2.05) is 12.1 Å². The van der Waals surface area contributed by atoms with Gasteiger partial charge in [-0.1, -0.05) is 34.1 Å². The van der Waals surface area contributed by atoms with Gasteiger partial charge in [-0.15, -0.1) is 0 Å². The summed E-state index contributed by atoms with van der Waals surface area (Å²) in [5.41, 5.74) is 2.45. The molecule has 0 aliphatic carbocycles. The van der Waals surface area contributed by atoms with Crippen LogP contribution < -0.4 is 14.8 Å². The van der Waals surface area contributed by atoms with Crippen LogP contribution in [0.5, 0.6) is 11.5 Å². The number of nitrogens with zero attached hydrogens (tertiary/aromatic N) is 2. The maximum Gasteiger partial charge on any atom is 0.294 e. The van der Waals surface area contributed by atoms with Crippen molar-refractivity contribution < 1.29 is 23.9 Å². The van der Waals surface area contributed by atoms with Crippen molar-refractivity contribution in [3.63, 3.8) is 0 Å². The number of thioether (sulfide) groups is 1. The number of hydrogen-bond acceptors (Lipinski definition) is 7. The first kappa shape index (κ1) is 27.7. The maximum absolute atomic E-state index is 12.9. The van der Waals surface area contributed by atoms with Gasteiger partial charge in [0.2, 0.25) is 5.91 Å². The summed E-state index contributed by atoms with van der Waals surface area (Å²) in [6.45, 7) is -0.216. The summed E-state index contributed by atoms with van der Waals surface area (Å²) in [7, 11) is 1.50. The molecule has 8 nitrogen and oxygen atoms in total. The number of anilines is 1. The highest BCUT2D eigenvalue weighted by Gasteiger charge is 2.36. The average molecular weight is 704 g/mol. The minimum Gasteiger partial charge on any atom is -0.493 e. The van der Waals surface area contributed by atoms with Crippen LogP contribution in [0.1, 0.15) is 16.7 Å². The highest BCUT2D eigenvalue weighted by atomic mass is 127. The number of carbonyl (C=O) groups is 3. The van der Waals surface area contributed by atoms with Crippen LogP contribution in [0, 0.1) is 14.9 Å². The molecule has 0 atom stereocenters. The van der Waals surface area contributed by atoms with Gasteiger partial charge in [-0.2, -0.15) is 5.26 Å². The number of ether oxygens (including phenoxy) is 2. The summed E-state index contributed by atoms with van der Waals surface area (Å²) in [5, 5.41) is 11.5. The summed E-state index contributed by atoms with van der Waals surface area (Å²) in [4.78, 5) is 39.0. The zero-order valence-electron chi connectivity index (χ0n) is 19.9. The van der Waals surface area contributed by atoms with E-state index < -0.39 is 23.6 Å². The number of amides is 3. The summed E-state index contributed by atoms with van der Waals surface area (Å²) in [6.07, 6.45) is 1.58. The van der Waals surface area contributed by atoms with Gasteiger partial charge >= 0.3 is 0 Å². The Morgan fingerprint density at radius 2 is 1.92 bits per heavy atom. The van der Waals surface area contributed by atoms with Gasteiger partial charge in [0.1, 0.15) is 13.2 Å². The molecule has 0 radical (unpaired) electrons. The van der Waals surface area contributed by atoms with E-state index in [1.54, 1.807) is 54.6 Å². The lowest BCUT2D eigenvalue weighted by molar-refractivity contribution is -0.127. The molecule has 1 N–H and O–H groups in total. The Hall–Kier alpha value is -3.34. The van der Waals surface area contributed by atoms with Gasteiger partial charge in [-0.25, -0.2) is 0 Å². The average Bonchev–Trinajstić information content (AvgIpc) is 3.16. The van der Waals surface area contributed by atoms with Crippen LogP contribution in [0.3, 0.4) is 0 Å². The number of imide groups is 1.